The maximum Gasteiger partial charge on any atom is 0.157 e. The van der Waals surface area contributed by atoms with Crippen LogP contribution in [0.5, 0.6) is 0 Å². The molecule has 2 atom stereocenters. The maximum atomic E-state index is 5.25. The monoisotopic (exact) mass is 278 g/mol. The molecule has 0 amide bonds. The summed E-state index contributed by atoms with van der Waals surface area (Å²) in [5.74, 6) is 1.03. The van der Waals surface area contributed by atoms with Gasteiger partial charge in [0.05, 0.1) is 18.7 Å². The van der Waals surface area contributed by atoms with Gasteiger partial charge in [-0.1, -0.05) is 55.4 Å². The summed E-state index contributed by atoms with van der Waals surface area (Å²) in [4.78, 5) is 4.78. The number of benzene rings is 1. The van der Waals surface area contributed by atoms with E-state index in [-0.39, 0.29) is 0 Å². The van der Waals surface area contributed by atoms with Gasteiger partial charge < -0.3 is 10.1 Å². The van der Waals surface area contributed by atoms with E-state index in [1.165, 1.54) is 5.56 Å². The molecule has 4 heteroatoms. The van der Waals surface area contributed by atoms with E-state index >= 15 is 0 Å². The Morgan fingerprint density at radius 1 is 1.42 bits per heavy atom. The Morgan fingerprint density at radius 3 is 2.89 bits per heavy atom. The normalized spacial score (nSPS) is 20.1. The maximum absolute atomic E-state index is 5.25. The van der Waals surface area contributed by atoms with Crippen molar-refractivity contribution in [1.82, 2.24) is 5.32 Å². The third kappa shape index (κ3) is 4.25. The van der Waals surface area contributed by atoms with Gasteiger partial charge in [-0.3, -0.25) is 4.99 Å². The van der Waals surface area contributed by atoms with Crippen LogP contribution in [0.2, 0.25) is 0 Å². The summed E-state index contributed by atoms with van der Waals surface area (Å²) >= 11 is 1.81. The van der Waals surface area contributed by atoms with Gasteiger partial charge in [0.2, 0.25) is 0 Å². The highest BCUT2D eigenvalue weighted by molar-refractivity contribution is 8.14. The molecular weight excluding hydrogens is 256 g/mol. The average Bonchev–Trinajstić information content (AvgIpc) is 2.89. The first-order valence-electron chi connectivity index (χ1n) is 6.84. The van der Waals surface area contributed by atoms with Gasteiger partial charge in [-0.15, -0.1) is 0 Å². The van der Waals surface area contributed by atoms with Crippen molar-refractivity contribution in [3.63, 3.8) is 0 Å². The SMILES string of the molecule is CCCC(COC)NC1=NC(c2ccccc2)CS1. The van der Waals surface area contributed by atoms with Crippen LogP contribution in [0.3, 0.4) is 0 Å². The van der Waals surface area contributed by atoms with Gasteiger partial charge in [0.1, 0.15) is 0 Å². The van der Waals surface area contributed by atoms with Crippen molar-refractivity contribution in [2.24, 2.45) is 4.99 Å². The summed E-state index contributed by atoms with van der Waals surface area (Å²) in [5, 5.41) is 4.57. The lowest BCUT2D eigenvalue weighted by Gasteiger charge is -2.17. The smallest absolute Gasteiger partial charge is 0.157 e. The zero-order valence-corrected chi connectivity index (χ0v) is 12.5. The highest BCUT2D eigenvalue weighted by Crippen LogP contribution is 2.29. The van der Waals surface area contributed by atoms with E-state index < -0.39 is 0 Å². The van der Waals surface area contributed by atoms with Gasteiger partial charge in [0.25, 0.3) is 0 Å². The molecule has 0 aromatic heterocycles. The summed E-state index contributed by atoms with van der Waals surface area (Å²) in [7, 11) is 1.75. The molecule has 0 saturated heterocycles. The van der Waals surface area contributed by atoms with Crippen LogP contribution in [0.4, 0.5) is 0 Å². The molecule has 1 aliphatic rings. The molecule has 0 aliphatic carbocycles. The second-order valence-electron chi connectivity index (χ2n) is 4.76. The number of ether oxygens (including phenoxy) is 1. The third-order valence-electron chi connectivity index (χ3n) is 3.17. The molecule has 1 N–H and O–H groups in total. The number of hydrogen-bond donors (Lipinski definition) is 1. The Balaban J connectivity index is 1.95. The van der Waals surface area contributed by atoms with Crippen LogP contribution in [0.15, 0.2) is 35.3 Å². The second kappa shape index (κ2) is 7.56. The standard InChI is InChI=1S/C15H22N2OS/c1-3-7-13(10-18-2)16-15-17-14(11-19-15)12-8-5-4-6-9-12/h4-6,8-9,13-14H,3,7,10-11H2,1-2H3,(H,16,17). The first-order chi connectivity index (χ1) is 9.33. The van der Waals surface area contributed by atoms with Gasteiger partial charge >= 0.3 is 0 Å². The molecule has 0 spiro atoms. The number of hydrogen-bond acceptors (Lipinski definition) is 4. The van der Waals surface area contributed by atoms with E-state index in [0.29, 0.717) is 12.1 Å². The van der Waals surface area contributed by atoms with E-state index in [0.717, 1.165) is 30.4 Å². The minimum Gasteiger partial charge on any atom is -0.383 e. The zero-order chi connectivity index (χ0) is 13.5. The Morgan fingerprint density at radius 2 is 2.21 bits per heavy atom. The molecular formula is C15H22N2OS. The van der Waals surface area contributed by atoms with Crippen LogP contribution in [0.1, 0.15) is 31.4 Å². The number of rotatable bonds is 6. The van der Waals surface area contributed by atoms with Crippen LogP contribution in [0, 0.1) is 0 Å². The molecule has 2 rings (SSSR count). The fourth-order valence-electron chi connectivity index (χ4n) is 2.22. The molecule has 1 aromatic carbocycles. The molecule has 0 fully saturated rings. The Labute approximate surface area is 119 Å². The average molecular weight is 278 g/mol. The summed E-state index contributed by atoms with van der Waals surface area (Å²) in [6, 6.07) is 11.2. The number of nitrogens with one attached hydrogen (secondary N) is 1. The fourth-order valence-corrected chi connectivity index (χ4v) is 3.25. The van der Waals surface area contributed by atoms with Crippen molar-refractivity contribution in [2.75, 3.05) is 19.5 Å². The van der Waals surface area contributed by atoms with Gasteiger partial charge in [0.15, 0.2) is 5.17 Å². The van der Waals surface area contributed by atoms with Crippen molar-refractivity contribution >= 4 is 16.9 Å². The van der Waals surface area contributed by atoms with Crippen molar-refractivity contribution in [3.8, 4) is 0 Å². The molecule has 19 heavy (non-hydrogen) atoms. The van der Waals surface area contributed by atoms with Crippen molar-refractivity contribution < 1.29 is 4.74 Å². The molecule has 104 valence electrons. The van der Waals surface area contributed by atoms with Crippen LogP contribution < -0.4 is 5.32 Å². The Bertz CT molecular complexity index is 402. The van der Waals surface area contributed by atoms with Crippen molar-refractivity contribution in [2.45, 2.75) is 31.8 Å². The predicted octanol–water partition coefficient (Wildman–Crippen LogP) is 3.24. The molecule has 1 aromatic rings. The minimum atomic E-state index is 0.290. The van der Waals surface area contributed by atoms with Crippen molar-refractivity contribution in [1.29, 1.82) is 0 Å². The van der Waals surface area contributed by atoms with Crippen LogP contribution in [0.25, 0.3) is 0 Å². The topological polar surface area (TPSA) is 33.6 Å². The van der Waals surface area contributed by atoms with Crippen molar-refractivity contribution in [3.05, 3.63) is 35.9 Å². The number of aliphatic imine (C=N–C) groups is 1. The molecule has 1 heterocycles. The number of methoxy groups -OCH3 is 1. The van der Waals surface area contributed by atoms with E-state index in [1.807, 2.05) is 17.8 Å². The lowest BCUT2D eigenvalue weighted by Crippen LogP contribution is -2.35. The second-order valence-corrected chi connectivity index (χ2v) is 5.77. The van der Waals surface area contributed by atoms with E-state index in [4.69, 9.17) is 9.73 Å². The summed E-state index contributed by atoms with van der Waals surface area (Å²) < 4.78 is 5.25. The summed E-state index contributed by atoms with van der Waals surface area (Å²) in [6.07, 6.45) is 2.27. The van der Waals surface area contributed by atoms with E-state index in [2.05, 4.69) is 36.5 Å². The van der Waals surface area contributed by atoms with E-state index in [9.17, 15) is 0 Å². The third-order valence-corrected chi connectivity index (χ3v) is 4.15. The fraction of sp³-hybridized carbons (Fsp3) is 0.533. The van der Waals surface area contributed by atoms with Crippen LogP contribution in [-0.4, -0.2) is 30.7 Å². The van der Waals surface area contributed by atoms with Gasteiger partial charge in [0, 0.05) is 12.9 Å². The van der Waals surface area contributed by atoms with E-state index in [1.54, 1.807) is 7.11 Å². The molecule has 0 bridgehead atoms. The van der Waals surface area contributed by atoms with Gasteiger partial charge in [-0.25, -0.2) is 0 Å². The summed E-state index contributed by atoms with van der Waals surface area (Å²) in [6.45, 7) is 2.93. The zero-order valence-electron chi connectivity index (χ0n) is 11.6. The van der Waals surface area contributed by atoms with Gasteiger partial charge in [-0.05, 0) is 12.0 Å². The first kappa shape index (κ1) is 14.4. The minimum absolute atomic E-state index is 0.290. The highest BCUT2D eigenvalue weighted by atomic mass is 32.2. The first-order valence-corrected chi connectivity index (χ1v) is 7.83. The van der Waals surface area contributed by atoms with Crippen LogP contribution in [-0.2, 0) is 4.74 Å². The predicted molar refractivity (Wildman–Crippen MR) is 82.8 cm³/mol. The lowest BCUT2D eigenvalue weighted by atomic mass is 10.1. The summed E-state index contributed by atoms with van der Waals surface area (Å²) in [5.41, 5.74) is 1.30. The molecule has 0 saturated carbocycles. The Hall–Kier alpha value is -1.00. The molecule has 0 radical (unpaired) electrons. The highest BCUT2D eigenvalue weighted by Gasteiger charge is 2.21. The Kier molecular flexibility index (Phi) is 5.73. The van der Waals surface area contributed by atoms with Gasteiger partial charge in [-0.2, -0.15) is 0 Å². The quantitative estimate of drug-likeness (QED) is 0.867. The number of amidine groups is 1. The van der Waals surface area contributed by atoms with Crippen LogP contribution >= 0.6 is 11.8 Å². The molecule has 3 nitrogen and oxygen atoms in total. The largest absolute Gasteiger partial charge is 0.383 e. The number of thioether (sulfide) groups is 1. The lowest BCUT2D eigenvalue weighted by molar-refractivity contribution is 0.170. The number of nitrogens with zero attached hydrogens (tertiary/aromatic N) is 1. The molecule has 2 unspecified atom stereocenters. The molecule has 1 aliphatic heterocycles.